The average Bonchev–Trinajstić information content (AvgIpc) is 3.27. The van der Waals surface area contributed by atoms with Crippen LogP contribution in [-0.2, 0) is 22.8 Å². The molecule has 0 saturated heterocycles. The van der Waals surface area contributed by atoms with Gasteiger partial charge in [-0.2, -0.15) is 13.2 Å². The van der Waals surface area contributed by atoms with Gasteiger partial charge in [0.05, 0.1) is 17.0 Å². The third kappa shape index (κ3) is 3.53. The molecule has 36 heavy (non-hydrogen) atoms. The number of ether oxygens (including phenoxy) is 2. The number of amides is 2. The molecule has 2 aromatic heterocycles. The Morgan fingerprint density at radius 1 is 1.17 bits per heavy atom. The van der Waals surface area contributed by atoms with E-state index in [1.54, 1.807) is 24.4 Å². The SMILES string of the molecule is CC12c3cc(Oc4ccnc5c4CCC(=O)N5)ccc3OC1C2NC(=O)c1cc(C(F)(F)F)ccn1. The largest absolute Gasteiger partial charge is 0.487 e. The monoisotopic (exact) mass is 496 g/mol. The molecule has 2 N–H and O–H groups in total. The van der Waals surface area contributed by atoms with Crippen LogP contribution in [0.3, 0.4) is 0 Å². The van der Waals surface area contributed by atoms with E-state index >= 15 is 0 Å². The summed E-state index contributed by atoms with van der Waals surface area (Å²) >= 11 is 0. The van der Waals surface area contributed by atoms with E-state index in [0.717, 1.165) is 29.5 Å². The molecule has 0 bridgehead atoms. The molecule has 4 heterocycles. The summed E-state index contributed by atoms with van der Waals surface area (Å²) in [5.74, 6) is 1.46. The number of carbonyl (C=O) groups is 2. The molecular formula is C25H19F3N4O4. The summed E-state index contributed by atoms with van der Waals surface area (Å²) in [6, 6.07) is 8.22. The summed E-state index contributed by atoms with van der Waals surface area (Å²) in [6.07, 6.45) is -1.56. The van der Waals surface area contributed by atoms with E-state index in [1.165, 1.54) is 0 Å². The lowest BCUT2D eigenvalue weighted by molar-refractivity contribution is -0.137. The van der Waals surface area contributed by atoms with Gasteiger partial charge in [0.15, 0.2) is 0 Å². The van der Waals surface area contributed by atoms with Crippen LogP contribution in [0, 0.1) is 0 Å². The fraction of sp³-hybridized carbons (Fsp3) is 0.280. The Kier molecular flexibility index (Phi) is 4.76. The normalized spacial score (nSPS) is 23.5. The van der Waals surface area contributed by atoms with Crippen molar-refractivity contribution in [1.29, 1.82) is 0 Å². The van der Waals surface area contributed by atoms with E-state index in [0.29, 0.717) is 35.9 Å². The maximum atomic E-state index is 13.0. The number of nitrogens with zero attached hydrogens (tertiary/aromatic N) is 2. The van der Waals surface area contributed by atoms with E-state index in [1.807, 2.05) is 13.0 Å². The Hall–Kier alpha value is -4.15. The van der Waals surface area contributed by atoms with Gasteiger partial charge in [0.1, 0.15) is 34.9 Å². The molecule has 2 amide bonds. The van der Waals surface area contributed by atoms with Crippen LogP contribution < -0.4 is 20.1 Å². The Morgan fingerprint density at radius 3 is 2.78 bits per heavy atom. The summed E-state index contributed by atoms with van der Waals surface area (Å²) < 4.78 is 51.2. The fourth-order valence-corrected chi connectivity index (χ4v) is 4.87. The zero-order chi connectivity index (χ0) is 25.2. The highest BCUT2D eigenvalue weighted by molar-refractivity contribution is 5.94. The van der Waals surface area contributed by atoms with Crippen molar-refractivity contribution in [2.75, 3.05) is 5.32 Å². The number of hydrogen-bond acceptors (Lipinski definition) is 6. The first-order valence-corrected chi connectivity index (χ1v) is 11.3. The van der Waals surface area contributed by atoms with Crippen LogP contribution in [0.4, 0.5) is 19.0 Å². The van der Waals surface area contributed by atoms with Gasteiger partial charge >= 0.3 is 6.18 Å². The summed E-state index contributed by atoms with van der Waals surface area (Å²) in [6.45, 7) is 1.92. The van der Waals surface area contributed by atoms with Crippen LogP contribution in [0.2, 0.25) is 0 Å². The van der Waals surface area contributed by atoms with Gasteiger partial charge in [0.2, 0.25) is 5.91 Å². The van der Waals surface area contributed by atoms with E-state index in [4.69, 9.17) is 9.47 Å². The summed E-state index contributed by atoms with van der Waals surface area (Å²) in [7, 11) is 0. The highest BCUT2D eigenvalue weighted by Gasteiger charge is 2.70. The number of alkyl halides is 3. The molecule has 1 aromatic carbocycles. The van der Waals surface area contributed by atoms with Crippen molar-refractivity contribution < 1.29 is 32.2 Å². The lowest BCUT2D eigenvalue weighted by atomic mass is 9.97. The highest BCUT2D eigenvalue weighted by Crippen LogP contribution is 2.59. The average molecular weight is 496 g/mol. The van der Waals surface area contributed by atoms with Crippen molar-refractivity contribution in [2.24, 2.45) is 0 Å². The fourth-order valence-electron chi connectivity index (χ4n) is 4.87. The quantitative estimate of drug-likeness (QED) is 0.566. The lowest BCUT2D eigenvalue weighted by Gasteiger charge is -2.19. The molecule has 3 aromatic rings. The summed E-state index contributed by atoms with van der Waals surface area (Å²) in [5, 5.41) is 5.50. The number of halogens is 3. The van der Waals surface area contributed by atoms with Crippen LogP contribution in [0.15, 0.2) is 48.8 Å². The molecule has 6 rings (SSSR count). The van der Waals surface area contributed by atoms with Gasteiger partial charge in [-0.3, -0.25) is 14.6 Å². The number of anilines is 1. The first-order chi connectivity index (χ1) is 17.1. The van der Waals surface area contributed by atoms with Crippen molar-refractivity contribution in [2.45, 2.75) is 43.5 Å². The smallest absolute Gasteiger partial charge is 0.416 e. The molecule has 0 spiro atoms. The number of fused-ring (bicyclic) bond motifs is 4. The molecule has 1 fully saturated rings. The molecule has 8 nitrogen and oxygen atoms in total. The number of hydrogen-bond donors (Lipinski definition) is 2. The molecule has 184 valence electrons. The van der Waals surface area contributed by atoms with Crippen molar-refractivity contribution in [3.05, 3.63) is 71.2 Å². The molecule has 2 aliphatic heterocycles. The van der Waals surface area contributed by atoms with Gasteiger partial charge in [-0.25, -0.2) is 4.98 Å². The zero-order valence-electron chi connectivity index (χ0n) is 18.8. The standard InChI is InChI=1S/C25H19F3N4O4/c1-24-15-11-13(35-17-7-9-30-22-14(17)3-5-19(33)31-22)2-4-18(15)36-21(24)20(24)32-23(34)16-10-12(6-8-29-16)25(26,27)28/h2,4,6-11,20-21H,3,5H2,1H3,(H,32,34)(H,30,31,33). The third-order valence-corrected chi connectivity index (χ3v) is 6.92. The lowest BCUT2D eigenvalue weighted by Crippen LogP contribution is -2.32. The van der Waals surface area contributed by atoms with Crippen LogP contribution in [0.5, 0.6) is 17.2 Å². The van der Waals surface area contributed by atoms with E-state index in [2.05, 4.69) is 20.6 Å². The van der Waals surface area contributed by atoms with Gasteiger partial charge in [-0.05, 0) is 49.7 Å². The molecule has 0 radical (unpaired) electrons. The predicted octanol–water partition coefficient (Wildman–Crippen LogP) is 4.00. The second kappa shape index (κ2) is 7.67. The van der Waals surface area contributed by atoms with Crippen molar-refractivity contribution in [3.63, 3.8) is 0 Å². The van der Waals surface area contributed by atoms with Crippen molar-refractivity contribution >= 4 is 17.6 Å². The molecule has 3 atom stereocenters. The van der Waals surface area contributed by atoms with E-state index in [9.17, 15) is 22.8 Å². The second-order valence-electron chi connectivity index (χ2n) is 9.14. The maximum Gasteiger partial charge on any atom is 0.416 e. The number of pyridine rings is 2. The van der Waals surface area contributed by atoms with Crippen LogP contribution in [0.1, 0.15) is 40.5 Å². The molecule has 11 heteroatoms. The van der Waals surface area contributed by atoms with Crippen LogP contribution in [-0.4, -0.2) is 33.9 Å². The van der Waals surface area contributed by atoms with Gasteiger partial charge in [0, 0.05) is 29.9 Å². The van der Waals surface area contributed by atoms with Crippen LogP contribution in [0.25, 0.3) is 0 Å². The number of rotatable bonds is 4. The van der Waals surface area contributed by atoms with Crippen LogP contribution >= 0.6 is 0 Å². The molecule has 1 aliphatic carbocycles. The number of benzene rings is 1. The minimum Gasteiger partial charge on any atom is -0.487 e. The summed E-state index contributed by atoms with van der Waals surface area (Å²) in [5.41, 5.74) is -0.194. The molecule has 1 saturated carbocycles. The van der Waals surface area contributed by atoms with Gasteiger partial charge < -0.3 is 20.1 Å². The highest BCUT2D eigenvalue weighted by atomic mass is 19.4. The number of carbonyl (C=O) groups excluding carboxylic acids is 2. The Balaban J connectivity index is 1.21. The minimum absolute atomic E-state index is 0.0945. The Morgan fingerprint density at radius 2 is 1.97 bits per heavy atom. The number of nitrogens with one attached hydrogen (secondary N) is 2. The van der Waals surface area contributed by atoms with Crippen molar-refractivity contribution in [1.82, 2.24) is 15.3 Å². The maximum absolute atomic E-state index is 13.0. The first kappa shape index (κ1) is 22.3. The topological polar surface area (TPSA) is 102 Å². The molecule has 3 unspecified atom stereocenters. The zero-order valence-corrected chi connectivity index (χ0v) is 18.8. The van der Waals surface area contributed by atoms with Gasteiger partial charge in [0.25, 0.3) is 5.91 Å². The minimum atomic E-state index is -4.57. The molecule has 3 aliphatic rings. The van der Waals surface area contributed by atoms with Crippen molar-refractivity contribution in [3.8, 4) is 17.2 Å². The Bertz CT molecular complexity index is 1430. The third-order valence-electron chi connectivity index (χ3n) is 6.92. The van der Waals surface area contributed by atoms with E-state index < -0.39 is 29.1 Å². The van der Waals surface area contributed by atoms with Gasteiger partial charge in [-0.1, -0.05) is 0 Å². The summed E-state index contributed by atoms with van der Waals surface area (Å²) in [4.78, 5) is 32.3. The Labute approximate surface area is 202 Å². The number of aromatic nitrogens is 2. The van der Waals surface area contributed by atoms with Gasteiger partial charge in [-0.15, -0.1) is 0 Å². The first-order valence-electron chi connectivity index (χ1n) is 11.3. The second-order valence-corrected chi connectivity index (χ2v) is 9.14. The van der Waals surface area contributed by atoms with E-state index in [-0.39, 0.29) is 17.7 Å². The molecular weight excluding hydrogens is 477 g/mol. The predicted molar refractivity (Wildman–Crippen MR) is 120 cm³/mol.